The Morgan fingerprint density at radius 1 is 1.25 bits per heavy atom. The van der Waals surface area contributed by atoms with Crippen LogP contribution in [0.5, 0.6) is 0 Å². The second-order valence-electron chi connectivity index (χ2n) is 3.23. The highest BCUT2D eigenvalue weighted by atomic mass is 32.1. The van der Waals surface area contributed by atoms with Crippen LogP contribution >= 0.6 is 11.3 Å². The molecule has 82 valence electrons. The number of nitrogens with zero attached hydrogens (tertiary/aromatic N) is 1. The van der Waals surface area contributed by atoms with Gasteiger partial charge in [0.1, 0.15) is 11.6 Å². The Balaban J connectivity index is 2.41. The Bertz CT molecular complexity index is 530. The van der Waals surface area contributed by atoms with E-state index in [4.69, 9.17) is 0 Å². The molecule has 0 N–H and O–H groups in total. The first-order chi connectivity index (χ1) is 7.56. The number of thiazole rings is 1. The quantitative estimate of drug-likeness (QED) is 0.754. The van der Waals surface area contributed by atoms with Crippen molar-refractivity contribution in [3.05, 3.63) is 51.5 Å². The van der Waals surface area contributed by atoms with Crippen LogP contribution in [0.1, 0.15) is 20.2 Å². The van der Waals surface area contributed by atoms with E-state index in [1.54, 1.807) is 6.92 Å². The lowest BCUT2D eigenvalue weighted by Crippen LogP contribution is -2.00. The van der Waals surface area contributed by atoms with Crippen LogP contribution in [0.25, 0.3) is 0 Å². The first-order valence-electron chi connectivity index (χ1n) is 4.49. The Morgan fingerprint density at radius 3 is 2.38 bits per heavy atom. The van der Waals surface area contributed by atoms with Crippen molar-refractivity contribution in [1.29, 1.82) is 0 Å². The summed E-state index contributed by atoms with van der Waals surface area (Å²) in [6.45, 7) is 1.76. The van der Waals surface area contributed by atoms with E-state index in [0.717, 1.165) is 23.2 Å². The van der Waals surface area contributed by atoms with E-state index in [9.17, 15) is 13.6 Å². The molecule has 0 spiro atoms. The van der Waals surface area contributed by atoms with Crippen LogP contribution in [0, 0.1) is 18.6 Å². The maximum absolute atomic E-state index is 12.9. The zero-order valence-electron chi connectivity index (χ0n) is 8.33. The van der Waals surface area contributed by atoms with Crippen molar-refractivity contribution in [2.24, 2.45) is 0 Å². The molecule has 2 rings (SSSR count). The number of ketones is 1. The maximum atomic E-state index is 12.9. The molecule has 0 aliphatic carbocycles. The summed E-state index contributed by atoms with van der Waals surface area (Å²) < 4.78 is 25.8. The highest BCUT2D eigenvalue weighted by Crippen LogP contribution is 2.18. The lowest BCUT2D eigenvalue weighted by molar-refractivity contribution is 0.104. The number of aromatic nitrogens is 1. The number of carbonyl (C=O) groups excluding carboxylic acids is 1. The molecule has 0 radical (unpaired) electrons. The average Bonchev–Trinajstić information content (AvgIpc) is 2.62. The topological polar surface area (TPSA) is 30.0 Å². The van der Waals surface area contributed by atoms with Gasteiger partial charge in [-0.3, -0.25) is 4.79 Å². The van der Waals surface area contributed by atoms with Gasteiger partial charge in [0, 0.05) is 17.8 Å². The summed E-state index contributed by atoms with van der Waals surface area (Å²) in [6, 6.07) is 2.76. The lowest BCUT2D eigenvalue weighted by atomic mass is 10.1. The Kier molecular flexibility index (Phi) is 2.78. The maximum Gasteiger partial charge on any atom is 0.204 e. The molecule has 0 saturated heterocycles. The van der Waals surface area contributed by atoms with Crippen LogP contribution in [-0.4, -0.2) is 10.8 Å². The molecule has 2 nitrogen and oxygen atoms in total. The minimum atomic E-state index is -0.760. The molecule has 2 aromatic rings. The summed E-state index contributed by atoms with van der Waals surface area (Å²) in [5.41, 5.74) is 0.00106. The highest BCUT2D eigenvalue weighted by Gasteiger charge is 2.13. The number of hydrogen-bond acceptors (Lipinski definition) is 3. The standard InChI is InChI=1S/C11H7F2NOS/c1-6-14-5-10(16-6)11(15)7-2-8(12)4-9(13)3-7/h2-5H,1H3. The van der Waals surface area contributed by atoms with E-state index in [1.807, 2.05) is 0 Å². The van der Waals surface area contributed by atoms with Crippen LogP contribution in [0.2, 0.25) is 0 Å². The fourth-order valence-corrected chi connectivity index (χ4v) is 2.03. The minimum Gasteiger partial charge on any atom is -0.288 e. The third-order valence-corrected chi connectivity index (χ3v) is 2.88. The predicted molar refractivity (Wildman–Crippen MR) is 56.6 cm³/mol. The molecule has 0 aliphatic heterocycles. The van der Waals surface area contributed by atoms with Crippen LogP contribution in [-0.2, 0) is 0 Å². The zero-order chi connectivity index (χ0) is 11.7. The smallest absolute Gasteiger partial charge is 0.204 e. The SMILES string of the molecule is Cc1ncc(C(=O)c2cc(F)cc(F)c2)s1. The molecule has 16 heavy (non-hydrogen) atoms. The number of halogens is 2. The number of aryl methyl sites for hydroxylation is 1. The van der Waals surface area contributed by atoms with Crippen molar-refractivity contribution in [2.75, 3.05) is 0 Å². The van der Waals surface area contributed by atoms with Crippen molar-refractivity contribution in [1.82, 2.24) is 4.98 Å². The summed E-state index contributed by atoms with van der Waals surface area (Å²) in [4.78, 5) is 16.1. The molecule has 0 aliphatic rings. The van der Waals surface area contributed by atoms with Crippen LogP contribution in [0.3, 0.4) is 0 Å². The van der Waals surface area contributed by atoms with Crippen molar-refractivity contribution in [2.45, 2.75) is 6.92 Å². The van der Waals surface area contributed by atoms with Gasteiger partial charge in [0.25, 0.3) is 0 Å². The minimum absolute atomic E-state index is 0.00106. The van der Waals surface area contributed by atoms with Gasteiger partial charge in [-0.1, -0.05) is 0 Å². The van der Waals surface area contributed by atoms with Gasteiger partial charge in [-0.2, -0.15) is 0 Å². The van der Waals surface area contributed by atoms with Crippen LogP contribution < -0.4 is 0 Å². The van der Waals surface area contributed by atoms with E-state index in [1.165, 1.54) is 17.5 Å². The third kappa shape index (κ3) is 2.14. The molecule has 0 fully saturated rings. The van der Waals surface area contributed by atoms with Gasteiger partial charge in [0.05, 0.1) is 9.88 Å². The van der Waals surface area contributed by atoms with E-state index in [0.29, 0.717) is 4.88 Å². The number of hydrogen-bond donors (Lipinski definition) is 0. The summed E-state index contributed by atoms with van der Waals surface area (Å²) in [6.07, 6.45) is 1.41. The molecule has 0 atom stereocenters. The molecular formula is C11H7F2NOS. The monoisotopic (exact) mass is 239 g/mol. The molecule has 1 aromatic carbocycles. The number of carbonyl (C=O) groups is 1. The second-order valence-corrected chi connectivity index (χ2v) is 4.47. The van der Waals surface area contributed by atoms with Gasteiger partial charge in [0.2, 0.25) is 5.78 Å². The molecule has 5 heteroatoms. The van der Waals surface area contributed by atoms with E-state index < -0.39 is 17.4 Å². The van der Waals surface area contributed by atoms with Gasteiger partial charge >= 0.3 is 0 Å². The highest BCUT2D eigenvalue weighted by molar-refractivity contribution is 7.13. The van der Waals surface area contributed by atoms with Gasteiger partial charge in [0.15, 0.2) is 0 Å². The summed E-state index contributed by atoms with van der Waals surface area (Å²) in [5.74, 6) is -1.93. The molecule has 0 saturated carbocycles. The third-order valence-electron chi connectivity index (χ3n) is 1.97. The van der Waals surface area contributed by atoms with Gasteiger partial charge < -0.3 is 0 Å². The van der Waals surface area contributed by atoms with E-state index >= 15 is 0 Å². The average molecular weight is 239 g/mol. The molecule has 1 heterocycles. The normalized spacial score (nSPS) is 10.4. The van der Waals surface area contributed by atoms with E-state index in [-0.39, 0.29) is 5.56 Å². The van der Waals surface area contributed by atoms with Crippen LogP contribution in [0.15, 0.2) is 24.4 Å². The van der Waals surface area contributed by atoms with Gasteiger partial charge in [-0.25, -0.2) is 13.8 Å². The summed E-state index contributed by atoms with van der Waals surface area (Å²) in [7, 11) is 0. The largest absolute Gasteiger partial charge is 0.288 e. The van der Waals surface area contributed by atoms with Crippen molar-refractivity contribution >= 4 is 17.1 Å². The van der Waals surface area contributed by atoms with Gasteiger partial charge in [-0.15, -0.1) is 11.3 Å². The predicted octanol–water partition coefficient (Wildman–Crippen LogP) is 2.96. The number of rotatable bonds is 2. The first-order valence-corrected chi connectivity index (χ1v) is 5.31. The molecule has 0 bridgehead atoms. The Hall–Kier alpha value is -1.62. The summed E-state index contributed by atoms with van der Waals surface area (Å²) in [5, 5.41) is 0.736. The fraction of sp³-hybridized carbons (Fsp3) is 0.0909. The molecule has 1 aromatic heterocycles. The van der Waals surface area contributed by atoms with Crippen LogP contribution in [0.4, 0.5) is 8.78 Å². The summed E-state index contributed by atoms with van der Waals surface area (Å²) >= 11 is 1.20. The fourth-order valence-electron chi connectivity index (χ4n) is 1.29. The van der Waals surface area contributed by atoms with Gasteiger partial charge in [-0.05, 0) is 19.1 Å². The Morgan fingerprint density at radius 2 is 1.88 bits per heavy atom. The molecule has 0 amide bonds. The molecular weight excluding hydrogens is 232 g/mol. The van der Waals surface area contributed by atoms with Crippen molar-refractivity contribution in [3.8, 4) is 0 Å². The second kappa shape index (κ2) is 4.09. The number of benzene rings is 1. The Labute approximate surface area is 94.6 Å². The van der Waals surface area contributed by atoms with Crippen molar-refractivity contribution < 1.29 is 13.6 Å². The first kappa shape index (κ1) is 10.9. The lowest BCUT2D eigenvalue weighted by Gasteiger charge is -1.98. The molecule has 0 unspecified atom stereocenters. The zero-order valence-corrected chi connectivity index (χ0v) is 9.15. The van der Waals surface area contributed by atoms with E-state index in [2.05, 4.69) is 4.98 Å². The van der Waals surface area contributed by atoms with Crippen molar-refractivity contribution in [3.63, 3.8) is 0 Å².